The SMILES string of the molecule is CCC(NC(=O)/C(C#N)=C\NC1CC1)c1ccc2c(c1)CCCC2. The fourth-order valence-corrected chi connectivity index (χ4v) is 3.23. The van der Waals surface area contributed by atoms with Crippen LogP contribution in [0.4, 0.5) is 0 Å². The molecule has 3 rings (SSSR count). The molecule has 1 saturated carbocycles. The highest BCUT2D eigenvalue weighted by atomic mass is 16.1. The van der Waals surface area contributed by atoms with Crippen molar-refractivity contribution in [2.45, 2.75) is 64.0 Å². The normalized spacial score (nSPS) is 18.2. The number of nitrogens with zero attached hydrogens (tertiary/aromatic N) is 1. The largest absolute Gasteiger partial charge is 0.387 e. The number of rotatable bonds is 6. The molecule has 1 unspecified atom stereocenters. The zero-order valence-corrected chi connectivity index (χ0v) is 14.3. The van der Waals surface area contributed by atoms with Crippen molar-refractivity contribution < 1.29 is 4.79 Å². The van der Waals surface area contributed by atoms with E-state index in [9.17, 15) is 10.1 Å². The highest BCUT2D eigenvalue weighted by molar-refractivity contribution is 5.97. The molecule has 0 heterocycles. The van der Waals surface area contributed by atoms with E-state index in [-0.39, 0.29) is 17.5 Å². The maximum Gasteiger partial charge on any atom is 0.263 e. The predicted molar refractivity (Wildman–Crippen MR) is 94.1 cm³/mol. The lowest BCUT2D eigenvalue weighted by Crippen LogP contribution is -2.30. The van der Waals surface area contributed by atoms with E-state index in [1.807, 2.05) is 6.07 Å². The lowest BCUT2D eigenvalue weighted by molar-refractivity contribution is -0.117. The van der Waals surface area contributed by atoms with Gasteiger partial charge in [0.2, 0.25) is 0 Å². The smallest absolute Gasteiger partial charge is 0.263 e. The standard InChI is InChI=1S/C20H25N3O/c1-2-19(16-8-7-14-5-3-4-6-15(14)11-16)23-20(24)17(12-21)13-22-18-9-10-18/h7-8,11,13,18-19,22H,2-6,9-10H2,1H3,(H,23,24)/b17-13-. The minimum atomic E-state index is -0.296. The first-order valence-electron chi connectivity index (χ1n) is 9.00. The van der Waals surface area contributed by atoms with Gasteiger partial charge in [-0.25, -0.2) is 0 Å². The molecule has 0 radical (unpaired) electrons. The topological polar surface area (TPSA) is 64.9 Å². The van der Waals surface area contributed by atoms with Crippen LogP contribution in [0.1, 0.15) is 61.8 Å². The van der Waals surface area contributed by atoms with E-state index in [4.69, 9.17) is 0 Å². The fraction of sp³-hybridized carbons (Fsp3) is 0.500. The minimum Gasteiger partial charge on any atom is -0.387 e. The lowest BCUT2D eigenvalue weighted by Gasteiger charge is -2.21. The first-order chi connectivity index (χ1) is 11.7. The van der Waals surface area contributed by atoms with Crippen LogP contribution in [0.3, 0.4) is 0 Å². The van der Waals surface area contributed by atoms with Crippen molar-refractivity contribution in [3.63, 3.8) is 0 Å². The highest BCUT2D eigenvalue weighted by Gasteiger charge is 2.21. The molecule has 0 aliphatic heterocycles. The molecule has 126 valence electrons. The Hall–Kier alpha value is -2.28. The third kappa shape index (κ3) is 3.97. The molecule has 1 aromatic rings. The van der Waals surface area contributed by atoms with Gasteiger partial charge in [0.15, 0.2) is 0 Å². The number of fused-ring (bicyclic) bond motifs is 1. The van der Waals surface area contributed by atoms with Gasteiger partial charge < -0.3 is 10.6 Å². The van der Waals surface area contributed by atoms with E-state index >= 15 is 0 Å². The quantitative estimate of drug-likeness (QED) is 0.623. The molecule has 4 nitrogen and oxygen atoms in total. The summed E-state index contributed by atoms with van der Waals surface area (Å²) in [6.07, 6.45) is 9.40. The second-order valence-electron chi connectivity index (χ2n) is 6.78. The van der Waals surface area contributed by atoms with Gasteiger partial charge >= 0.3 is 0 Å². The molecule has 1 aromatic carbocycles. The summed E-state index contributed by atoms with van der Waals surface area (Å²) in [6, 6.07) is 8.94. The Morgan fingerprint density at radius 3 is 2.75 bits per heavy atom. The van der Waals surface area contributed by atoms with Gasteiger partial charge in [0, 0.05) is 12.2 Å². The molecule has 1 atom stereocenters. The average Bonchev–Trinajstić information content (AvgIpc) is 3.44. The maximum absolute atomic E-state index is 12.4. The molecule has 0 spiro atoms. The summed E-state index contributed by atoms with van der Waals surface area (Å²) in [7, 11) is 0. The molecule has 0 bridgehead atoms. The van der Waals surface area contributed by atoms with Crippen LogP contribution < -0.4 is 10.6 Å². The molecule has 1 amide bonds. The number of carbonyl (C=O) groups is 1. The molecule has 2 aliphatic carbocycles. The number of nitriles is 1. The number of benzene rings is 1. The van der Waals surface area contributed by atoms with Crippen molar-refractivity contribution in [1.82, 2.24) is 10.6 Å². The second-order valence-corrected chi connectivity index (χ2v) is 6.78. The fourth-order valence-electron chi connectivity index (χ4n) is 3.23. The summed E-state index contributed by atoms with van der Waals surface area (Å²) < 4.78 is 0. The third-order valence-electron chi connectivity index (χ3n) is 4.89. The van der Waals surface area contributed by atoms with Crippen LogP contribution in [0.25, 0.3) is 0 Å². The number of hydrogen-bond acceptors (Lipinski definition) is 3. The van der Waals surface area contributed by atoms with E-state index < -0.39 is 0 Å². The van der Waals surface area contributed by atoms with Crippen molar-refractivity contribution in [2.75, 3.05) is 0 Å². The van der Waals surface area contributed by atoms with E-state index in [1.54, 1.807) is 6.20 Å². The zero-order valence-electron chi connectivity index (χ0n) is 14.3. The van der Waals surface area contributed by atoms with Crippen LogP contribution >= 0.6 is 0 Å². The highest BCUT2D eigenvalue weighted by Crippen LogP contribution is 2.26. The molecular weight excluding hydrogens is 298 g/mol. The van der Waals surface area contributed by atoms with Crippen molar-refractivity contribution in [2.24, 2.45) is 0 Å². The maximum atomic E-state index is 12.4. The van der Waals surface area contributed by atoms with Gasteiger partial charge in [0.1, 0.15) is 11.6 Å². The van der Waals surface area contributed by atoms with Gasteiger partial charge in [-0.2, -0.15) is 5.26 Å². The zero-order chi connectivity index (χ0) is 16.9. The Balaban J connectivity index is 1.70. The van der Waals surface area contributed by atoms with E-state index in [0.717, 1.165) is 37.7 Å². The van der Waals surface area contributed by atoms with Gasteiger partial charge in [-0.15, -0.1) is 0 Å². The van der Waals surface area contributed by atoms with Gasteiger partial charge in [0.05, 0.1) is 6.04 Å². The minimum absolute atomic E-state index is 0.0533. The van der Waals surface area contributed by atoms with Crippen LogP contribution in [0.5, 0.6) is 0 Å². The van der Waals surface area contributed by atoms with E-state index in [1.165, 1.54) is 24.0 Å². The van der Waals surface area contributed by atoms with Gasteiger partial charge in [0.25, 0.3) is 5.91 Å². The molecule has 4 heteroatoms. The lowest BCUT2D eigenvalue weighted by atomic mass is 9.88. The summed E-state index contributed by atoms with van der Waals surface area (Å²) in [5, 5.41) is 15.4. The van der Waals surface area contributed by atoms with Gasteiger partial charge in [-0.3, -0.25) is 4.79 Å². The molecular formula is C20H25N3O. The molecule has 2 N–H and O–H groups in total. The van der Waals surface area contributed by atoms with Crippen LogP contribution in [0.2, 0.25) is 0 Å². The summed E-state index contributed by atoms with van der Waals surface area (Å²) in [4.78, 5) is 12.4. The molecule has 1 fully saturated rings. The van der Waals surface area contributed by atoms with Gasteiger partial charge in [-0.1, -0.05) is 25.1 Å². The van der Waals surface area contributed by atoms with Crippen molar-refractivity contribution >= 4 is 5.91 Å². The van der Waals surface area contributed by atoms with E-state index in [2.05, 4.69) is 35.8 Å². The monoisotopic (exact) mass is 323 g/mol. The van der Waals surface area contributed by atoms with Crippen LogP contribution in [0.15, 0.2) is 30.0 Å². The Bertz CT molecular complexity index is 683. The van der Waals surface area contributed by atoms with E-state index in [0.29, 0.717) is 6.04 Å². The Morgan fingerprint density at radius 1 is 1.33 bits per heavy atom. The number of hydrogen-bond donors (Lipinski definition) is 2. The average molecular weight is 323 g/mol. The third-order valence-corrected chi connectivity index (χ3v) is 4.89. The van der Waals surface area contributed by atoms with Gasteiger partial charge in [-0.05, 0) is 61.6 Å². The Labute approximate surface area is 143 Å². The molecule has 24 heavy (non-hydrogen) atoms. The summed E-state index contributed by atoms with van der Waals surface area (Å²) in [5.74, 6) is -0.296. The van der Waals surface area contributed by atoms with Crippen LogP contribution in [-0.2, 0) is 17.6 Å². The molecule has 0 saturated heterocycles. The first-order valence-corrected chi connectivity index (χ1v) is 9.00. The van der Waals surface area contributed by atoms with Crippen LogP contribution in [0, 0.1) is 11.3 Å². The number of carbonyl (C=O) groups excluding carboxylic acids is 1. The number of aryl methyl sites for hydroxylation is 2. The van der Waals surface area contributed by atoms with Crippen molar-refractivity contribution in [3.05, 3.63) is 46.7 Å². The molecule has 0 aromatic heterocycles. The molecule has 2 aliphatic rings. The van der Waals surface area contributed by atoms with Crippen LogP contribution in [-0.4, -0.2) is 11.9 Å². The summed E-state index contributed by atoms with van der Waals surface area (Å²) in [6.45, 7) is 2.06. The summed E-state index contributed by atoms with van der Waals surface area (Å²) >= 11 is 0. The number of nitrogens with one attached hydrogen (secondary N) is 2. The second kappa shape index (κ2) is 7.53. The Morgan fingerprint density at radius 2 is 2.08 bits per heavy atom. The Kier molecular flexibility index (Phi) is 5.20. The predicted octanol–water partition coefficient (Wildman–Crippen LogP) is 3.29. The van der Waals surface area contributed by atoms with Crippen molar-refractivity contribution in [1.29, 1.82) is 5.26 Å². The summed E-state index contributed by atoms with van der Waals surface area (Å²) in [5.41, 5.74) is 4.15. The number of amides is 1. The van der Waals surface area contributed by atoms with Crippen molar-refractivity contribution in [3.8, 4) is 6.07 Å². The first kappa shape index (κ1) is 16.6.